The maximum atomic E-state index is 9.44. The molecule has 0 fully saturated rings. The first-order valence-corrected chi connectivity index (χ1v) is 2.49. The first kappa shape index (κ1) is 2.43. The fourth-order valence-electron chi connectivity index (χ4n) is 0. The molecule has 3 heteroatoms. The highest BCUT2D eigenvalue weighted by Gasteiger charge is 1.60. The van der Waals surface area contributed by atoms with Gasteiger partial charge in [0.2, 0.25) is 0 Å². The van der Waals surface area contributed by atoms with Gasteiger partial charge in [-0.2, -0.15) is 0 Å². The van der Waals surface area contributed by atoms with Gasteiger partial charge in [-0.15, -0.1) is 0 Å². The molecule has 0 aliphatic carbocycles. The third kappa shape index (κ3) is 85.9. The third-order valence-corrected chi connectivity index (χ3v) is 0. The molecule has 0 aliphatic heterocycles. The van der Waals surface area contributed by atoms with E-state index in [9.17, 15) is 4.57 Å². The van der Waals surface area contributed by atoms with Crippen molar-refractivity contribution < 1.29 is 9.46 Å². The molecule has 0 aromatic carbocycles. The summed E-state index contributed by atoms with van der Waals surface area (Å²) < 4.78 is 15.5. The predicted octanol–water partition coefficient (Wildman–Crippen LogP) is 0.0832. The molecule has 4 heavy (non-hydrogen) atoms. The minimum atomic E-state index is -3.39. The van der Waals surface area contributed by atoms with Crippen molar-refractivity contribution in [3.05, 3.63) is 0 Å². The molecule has 2 nitrogen and oxygen atoms in total. The molecule has 0 saturated carbocycles. The van der Waals surface area contributed by atoms with Crippen molar-refractivity contribution in [3.63, 3.8) is 0 Å². The van der Waals surface area contributed by atoms with Gasteiger partial charge in [-0.1, -0.05) is 0 Å². The van der Waals surface area contributed by atoms with Crippen LogP contribution in [0.4, 0.5) is 0 Å². The fraction of sp³-hybridized carbons (Fsp3) is 1.00. The van der Waals surface area contributed by atoms with E-state index in [0.717, 1.165) is 6.66 Å². The van der Waals surface area contributed by atoms with Crippen molar-refractivity contribution in [2.24, 2.45) is 0 Å². The molecule has 0 saturated heterocycles. The van der Waals surface area contributed by atoms with E-state index in [0.29, 0.717) is 0 Å². The van der Waals surface area contributed by atoms with Gasteiger partial charge in [-0.05, 0) is 0 Å². The van der Waals surface area contributed by atoms with Crippen LogP contribution in [0.15, 0.2) is 0 Å². The topological polar surface area (TPSA) is 37.3 Å². The predicted molar refractivity (Wildman–Crippen MR) is 17.1 cm³/mol. The van der Waals surface area contributed by atoms with Crippen molar-refractivity contribution in [1.29, 1.82) is 1.28 Å². The minimum Gasteiger partial charge on any atom is -0.346 e. The first-order valence-electron chi connectivity index (χ1n) is 1.28. The molecule has 0 aromatic rings. The van der Waals surface area contributed by atoms with Crippen LogP contribution in [0.2, 0.25) is 0 Å². The van der Waals surface area contributed by atoms with Gasteiger partial charge in [-0.25, -0.2) is 0 Å². The summed E-state index contributed by atoms with van der Waals surface area (Å²) in [5.41, 5.74) is 0. The summed E-state index contributed by atoms with van der Waals surface area (Å²) in [4.78, 5) is 7.74. The average Bonchev–Trinajstić information content (AvgIpc) is 0.722. The van der Waals surface area contributed by atoms with Crippen LogP contribution in [-0.2, 0) is 4.57 Å². The lowest BCUT2D eigenvalue weighted by Crippen LogP contribution is -1.35. The van der Waals surface area contributed by atoms with Crippen LogP contribution < -0.4 is 0 Å². The van der Waals surface area contributed by atoms with Gasteiger partial charge < -0.3 is 4.89 Å². The zero-order valence-corrected chi connectivity index (χ0v) is 3.20. The van der Waals surface area contributed by atoms with Crippen LogP contribution in [0.5, 0.6) is 0 Å². The zero-order chi connectivity index (χ0) is 4.50. The van der Waals surface area contributed by atoms with Crippen LogP contribution in [0.1, 0.15) is 0 Å². The van der Waals surface area contributed by atoms with Crippen LogP contribution >= 0.6 is 7.97 Å². The first-order chi connectivity index (χ1) is 2.00. The highest BCUT2D eigenvalue weighted by Crippen LogP contribution is 1.99. The molecule has 26 valence electrons. The summed E-state index contributed by atoms with van der Waals surface area (Å²) in [5, 5.41) is 0. The van der Waals surface area contributed by atoms with E-state index in [1.54, 1.807) is 0 Å². The van der Waals surface area contributed by atoms with E-state index in [2.05, 4.69) is 0 Å². The van der Waals surface area contributed by atoms with Gasteiger partial charge in [0.15, 0.2) is 7.97 Å². The second kappa shape index (κ2) is 1.50. The quantitative estimate of drug-likeness (QED) is 0.420. The third-order valence-electron chi connectivity index (χ3n) is 0. The van der Waals surface area contributed by atoms with Gasteiger partial charge in [0.1, 0.15) is 1.28 Å². The molecule has 0 radical (unpaired) electrons. The van der Waals surface area contributed by atoms with E-state index >= 15 is 0 Å². The van der Waals surface area contributed by atoms with Crippen LogP contribution in [0.25, 0.3) is 0 Å². The van der Waals surface area contributed by atoms with E-state index in [1.165, 1.54) is 0 Å². The molecule has 1 N–H and O–H groups in total. The van der Waals surface area contributed by atoms with E-state index in [1.807, 2.05) is 0 Å². The minimum absolute atomic E-state index is 0.965. The molecule has 0 spiro atoms. The maximum absolute atomic E-state index is 9.44. The zero-order valence-electron chi connectivity index (χ0n) is 3.30. The summed E-state index contributed by atoms with van der Waals surface area (Å²) in [5.74, 6) is 0. The second-order valence-electron chi connectivity index (χ2n) is 0.464. The van der Waals surface area contributed by atoms with Crippen molar-refractivity contribution >= 4 is 7.97 Å². The summed E-state index contributed by atoms with van der Waals surface area (Å²) in [7, 11) is -3.39. The molecule has 0 heterocycles. The SMILES string of the molecule is [3H]P(C)(=O)O. The molecule has 0 aromatic heterocycles. The lowest BCUT2D eigenvalue weighted by molar-refractivity contribution is 0.509. The Hall–Kier alpha value is 0.190. The number of hydrogen-bond acceptors (Lipinski definition) is 1. The summed E-state index contributed by atoms with van der Waals surface area (Å²) in [6, 6.07) is 0. The lowest BCUT2D eigenvalue weighted by atomic mass is 12.0. The van der Waals surface area contributed by atoms with Crippen molar-refractivity contribution in [2.45, 2.75) is 0 Å². The largest absolute Gasteiger partial charge is 0.346 e. The van der Waals surface area contributed by atoms with Gasteiger partial charge in [-0.3, -0.25) is 4.57 Å². The van der Waals surface area contributed by atoms with Gasteiger partial charge in [0.05, 0.1) is 0 Å². The molecule has 0 amide bonds. The molecule has 0 bridgehead atoms. The molecular formula is CH5O2P. The Balaban J connectivity index is 3.47. The fourth-order valence-corrected chi connectivity index (χ4v) is 0. The van der Waals surface area contributed by atoms with E-state index in [-0.39, 0.29) is 0 Å². The van der Waals surface area contributed by atoms with E-state index in [4.69, 9.17) is 6.17 Å². The van der Waals surface area contributed by atoms with E-state index < -0.39 is 7.97 Å². The number of rotatable bonds is 0. The smallest absolute Gasteiger partial charge is 0.186 e. The van der Waals surface area contributed by atoms with Crippen molar-refractivity contribution in [1.82, 2.24) is 0 Å². The highest BCUT2D eigenvalue weighted by atomic mass is 31.1. The molecule has 0 aliphatic rings. The summed E-state index contributed by atoms with van der Waals surface area (Å²) in [6.45, 7) is 0.965. The Morgan fingerprint density at radius 3 is 2.50 bits per heavy atom. The van der Waals surface area contributed by atoms with Gasteiger partial charge in [0, 0.05) is 6.66 Å². The summed E-state index contributed by atoms with van der Waals surface area (Å²) >= 11 is 0. The van der Waals surface area contributed by atoms with Crippen LogP contribution in [0.3, 0.4) is 0 Å². The van der Waals surface area contributed by atoms with Crippen molar-refractivity contribution in [2.75, 3.05) is 6.66 Å². The molecule has 0 rings (SSSR count). The van der Waals surface area contributed by atoms with Gasteiger partial charge in [0.25, 0.3) is 0 Å². The van der Waals surface area contributed by atoms with Crippen LogP contribution in [0, 0.1) is 0 Å². The van der Waals surface area contributed by atoms with Gasteiger partial charge >= 0.3 is 0 Å². The summed E-state index contributed by atoms with van der Waals surface area (Å²) in [6.07, 6.45) is 0. The molecular weight excluding hydrogens is 75.0 g/mol. The lowest BCUT2D eigenvalue weighted by Gasteiger charge is -1.61. The average molecular weight is 82.0 g/mol. The maximum Gasteiger partial charge on any atom is 0.186 e. The highest BCUT2D eigenvalue weighted by molar-refractivity contribution is 7.36. The Morgan fingerprint density at radius 1 is 2.50 bits per heavy atom. The molecule has 1 atom stereocenters. The molecule has 1 unspecified atom stereocenters. The Labute approximate surface area is 26.6 Å². The Kier molecular flexibility index (Phi) is 0.913. The monoisotopic (exact) mass is 82.0 g/mol. The Bertz CT molecular complexity index is 55.8. The van der Waals surface area contributed by atoms with Crippen molar-refractivity contribution in [3.8, 4) is 0 Å². The normalized spacial score (nSPS) is 27.0. The van der Waals surface area contributed by atoms with Crippen LogP contribution in [-0.4, -0.2) is 12.8 Å². The standard InChI is InChI=1S/CH5O2P/c1-4(2)3/h4H,1H3,(H,2,3)/i4T. The Morgan fingerprint density at radius 2 is 2.50 bits per heavy atom. The second-order valence-corrected chi connectivity index (χ2v) is 1.39. The number of hydrogen-bond donors (Lipinski definition) is 1.